The van der Waals surface area contributed by atoms with Crippen molar-refractivity contribution < 1.29 is 9.13 Å². The highest BCUT2D eigenvalue weighted by Crippen LogP contribution is 2.15. The van der Waals surface area contributed by atoms with Crippen molar-refractivity contribution in [2.24, 2.45) is 5.92 Å². The lowest BCUT2D eigenvalue weighted by atomic mass is 10.1. The monoisotopic (exact) mass is 183 g/mol. The van der Waals surface area contributed by atoms with Crippen LogP contribution in [0.5, 0.6) is 5.88 Å². The highest BCUT2D eigenvalue weighted by atomic mass is 19.1. The van der Waals surface area contributed by atoms with Gasteiger partial charge in [0.1, 0.15) is 0 Å². The third kappa shape index (κ3) is 2.68. The predicted molar refractivity (Wildman–Crippen MR) is 49.3 cm³/mol. The van der Waals surface area contributed by atoms with Crippen molar-refractivity contribution >= 4 is 0 Å². The van der Waals surface area contributed by atoms with Gasteiger partial charge >= 0.3 is 0 Å². The molecule has 0 saturated heterocycles. The van der Waals surface area contributed by atoms with Gasteiger partial charge in [0.15, 0.2) is 5.82 Å². The van der Waals surface area contributed by atoms with Crippen molar-refractivity contribution in [3.05, 3.63) is 23.6 Å². The smallest absolute Gasteiger partial charge is 0.250 e. The van der Waals surface area contributed by atoms with Gasteiger partial charge in [-0.05, 0) is 24.0 Å². The molecule has 0 radical (unpaired) electrons. The molecule has 0 fully saturated rings. The second kappa shape index (κ2) is 4.21. The first-order valence-electron chi connectivity index (χ1n) is 4.32. The predicted octanol–water partition coefficient (Wildman–Crippen LogP) is 2.43. The van der Waals surface area contributed by atoms with E-state index in [4.69, 9.17) is 4.74 Å². The molecule has 0 atom stereocenters. The van der Waals surface area contributed by atoms with Crippen LogP contribution in [0.2, 0.25) is 0 Å². The van der Waals surface area contributed by atoms with Crippen LogP contribution in [0.4, 0.5) is 4.39 Å². The maximum atomic E-state index is 13.1. The molecule has 13 heavy (non-hydrogen) atoms. The zero-order valence-corrected chi connectivity index (χ0v) is 8.17. The Balaban J connectivity index is 2.83. The van der Waals surface area contributed by atoms with Crippen LogP contribution in [0, 0.1) is 11.7 Å². The van der Waals surface area contributed by atoms with Crippen LogP contribution in [-0.2, 0) is 6.42 Å². The molecule has 0 unspecified atom stereocenters. The quantitative estimate of drug-likeness (QED) is 0.718. The lowest BCUT2D eigenvalue weighted by Gasteiger charge is -2.05. The molecule has 2 nitrogen and oxygen atoms in total. The molecule has 0 aliphatic carbocycles. The van der Waals surface area contributed by atoms with E-state index in [-0.39, 0.29) is 11.7 Å². The Morgan fingerprint density at radius 1 is 1.54 bits per heavy atom. The molecule has 0 aromatic carbocycles. The Morgan fingerprint density at radius 2 is 2.23 bits per heavy atom. The fourth-order valence-electron chi connectivity index (χ4n) is 1.20. The summed E-state index contributed by atoms with van der Waals surface area (Å²) in [5, 5.41) is 0. The molecular formula is C10H14FNO. The van der Waals surface area contributed by atoms with Crippen LogP contribution in [-0.4, -0.2) is 12.1 Å². The van der Waals surface area contributed by atoms with Crippen LogP contribution in [0.1, 0.15) is 19.4 Å². The van der Waals surface area contributed by atoms with Crippen molar-refractivity contribution in [3.63, 3.8) is 0 Å². The van der Waals surface area contributed by atoms with Crippen molar-refractivity contribution in [1.29, 1.82) is 0 Å². The van der Waals surface area contributed by atoms with Gasteiger partial charge in [0.25, 0.3) is 0 Å². The molecule has 72 valence electrons. The fourth-order valence-corrected chi connectivity index (χ4v) is 1.20. The van der Waals surface area contributed by atoms with E-state index in [1.807, 2.05) is 0 Å². The minimum Gasteiger partial charge on any atom is -0.479 e. The molecule has 0 aliphatic rings. The highest BCUT2D eigenvalue weighted by Gasteiger charge is 2.05. The molecule has 0 bridgehead atoms. The second-order valence-corrected chi connectivity index (χ2v) is 3.43. The minimum absolute atomic E-state index is 0.0625. The second-order valence-electron chi connectivity index (χ2n) is 3.43. The lowest BCUT2D eigenvalue weighted by Crippen LogP contribution is -1.98. The van der Waals surface area contributed by atoms with Gasteiger partial charge in [0.2, 0.25) is 5.88 Å². The van der Waals surface area contributed by atoms with Crippen LogP contribution in [0.3, 0.4) is 0 Å². The van der Waals surface area contributed by atoms with Gasteiger partial charge in [-0.25, -0.2) is 9.37 Å². The number of halogens is 1. The van der Waals surface area contributed by atoms with Crippen molar-refractivity contribution in [1.82, 2.24) is 4.98 Å². The van der Waals surface area contributed by atoms with Gasteiger partial charge in [0, 0.05) is 6.20 Å². The first-order valence-corrected chi connectivity index (χ1v) is 4.32. The fraction of sp³-hybridized carbons (Fsp3) is 0.500. The summed E-state index contributed by atoms with van der Waals surface area (Å²) in [6.07, 6.45) is 2.50. The van der Waals surface area contributed by atoms with Crippen molar-refractivity contribution in [3.8, 4) is 5.88 Å². The van der Waals surface area contributed by atoms with E-state index in [1.54, 1.807) is 6.20 Å². The van der Waals surface area contributed by atoms with Crippen molar-refractivity contribution in [2.45, 2.75) is 20.3 Å². The average Bonchev–Trinajstić information content (AvgIpc) is 2.03. The SMILES string of the molecule is COc1ncc(CC(C)C)cc1F. The van der Waals surface area contributed by atoms with E-state index in [2.05, 4.69) is 18.8 Å². The maximum absolute atomic E-state index is 13.1. The Bertz CT molecular complexity index is 286. The standard InChI is InChI=1S/C10H14FNO/c1-7(2)4-8-5-9(11)10(13-3)12-6-8/h5-7H,4H2,1-3H3. The molecule has 3 heteroatoms. The molecule has 1 aromatic rings. The summed E-state index contributed by atoms with van der Waals surface area (Å²) in [5.41, 5.74) is 0.910. The number of pyridine rings is 1. The first kappa shape index (κ1) is 9.96. The zero-order chi connectivity index (χ0) is 9.84. The number of hydrogen-bond acceptors (Lipinski definition) is 2. The summed E-state index contributed by atoms with van der Waals surface area (Å²) >= 11 is 0. The molecule has 0 N–H and O–H groups in total. The molecule has 1 aromatic heterocycles. The number of ether oxygens (including phenoxy) is 1. The minimum atomic E-state index is -0.388. The van der Waals surface area contributed by atoms with Gasteiger partial charge in [-0.2, -0.15) is 0 Å². The van der Waals surface area contributed by atoms with Gasteiger partial charge < -0.3 is 4.74 Å². The van der Waals surface area contributed by atoms with Gasteiger partial charge in [-0.3, -0.25) is 0 Å². The summed E-state index contributed by atoms with van der Waals surface area (Å²) in [6, 6.07) is 1.48. The Hall–Kier alpha value is -1.12. The third-order valence-corrected chi connectivity index (χ3v) is 1.70. The molecular weight excluding hydrogens is 169 g/mol. The van der Waals surface area contributed by atoms with Crippen LogP contribution >= 0.6 is 0 Å². The Morgan fingerprint density at radius 3 is 2.69 bits per heavy atom. The van der Waals surface area contributed by atoms with Crippen LogP contribution in [0.15, 0.2) is 12.3 Å². The Kier molecular flexibility index (Phi) is 3.23. The molecule has 0 aliphatic heterocycles. The number of methoxy groups -OCH3 is 1. The normalized spacial score (nSPS) is 10.5. The summed E-state index contributed by atoms with van der Waals surface area (Å²) in [7, 11) is 1.41. The molecule has 0 amide bonds. The van der Waals surface area contributed by atoms with Crippen LogP contribution in [0.25, 0.3) is 0 Å². The number of nitrogens with zero attached hydrogens (tertiary/aromatic N) is 1. The van der Waals surface area contributed by atoms with E-state index in [1.165, 1.54) is 13.2 Å². The van der Waals surface area contributed by atoms with E-state index in [9.17, 15) is 4.39 Å². The van der Waals surface area contributed by atoms with Gasteiger partial charge in [0.05, 0.1) is 7.11 Å². The van der Waals surface area contributed by atoms with E-state index < -0.39 is 0 Å². The first-order chi connectivity index (χ1) is 6.13. The highest BCUT2D eigenvalue weighted by molar-refractivity contribution is 5.20. The molecule has 0 spiro atoms. The van der Waals surface area contributed by atoms with Gasteiger partial charge in [-0.15, -0.1) is 0 Å². The topological polar surface area (TPSA) is 22.1 Å². The summed E-state index contributed by atoms with van der Waals surface area (Å²) < 4.78 is 17.8. The largest absolute Gasteiger partial charge is 0.479 e. The van der Waals surface area contributed by atoms with E-state index >= 15 is 0 Å². The number of aromatic nitrogens is 1. The van der Waals surface area contributed by atoms with Gasteiger partial charge in [-0.1, -0.05) is 13.8 Å². The number of hydrogen-bond donors (Lipinski definition) is 0. The lowest BCUT2D eigenvalue weighted by molar-refractivity contribution is 0.368. The Labute approximate surface area is 77.8 Å². The van der Waals surface area contributed by atoms with E-state index in [0.717, 1.165) is 12.0 Å². The average molecular weight is 183 g/mol. The molecule has 1 rings (SSSR count). The van der Waals surface area contributed by atoms with Crippen molar-refractivity contribution in [2.75, 3.05) is 7.11 Å². The summed E-state index contributed by atoms with van der Waals surface area (Å²) in [5.74, 6) is 0.183. The van der Waals surface area contributed by atoms with E-state index in [0.29, 0.717) is 5.92 Å². The van der Waals surface area contributed by atoms with Crippen LogP contribution < -0.4 is 4.74 Å². The maximum Gasteiger partial charge on any atom is 0.250 e. The summed E-state index contributed by atoms with van der Waals surface area (Å²) in [6.45, 7) is 4.17. The summed E-state index contributed by atoms with van der Waals surface area (Å²) in [4.78, 5) is 3.85. The molecule has 1 heterocycles. The molecule has 0 saturated carbocycles. The third-order valence-electron chi connectivity index (χ3n) is 1.70. The number of rotatable bonds is 3. The zero-order valence-electron chi connectivity index (χ0n) is 8.17.